The summed E-state index contributed by atoms with van der Waals surface area (Å²) in [5, 5.41) is 0.588. The fourth-order valence-corrected chi connectivity index (χ4v) is 3.67. The van der Waals surface area contributed by atoms with Gasteiger partial charge in [-0.3, -0.25) is 19.4 Å². The van der Waals surface area contributed by atoms with Crippen molar-refractivity contribution < 1.29 is 17.6 Å². The van der Waals surface area contributed by atoms with E-state index in [4.69, 9.17) is 18.0 Å². The summed E-state index contributed by atoms with van der Waals surface area (Å²) in [5.41, 5.74) is 2.25. The molecular formula is C24H17F4N7O2. The van der Waals surface area contributed by atoms with Crippen LogP contribution in [0.2, 0.25) is 0 Å². The molecule has 9 nitrogen and oxygen atoms in total. The second-order valence-corrected chi connectivity index (χ2v) is 7.80. The number of pyridine rings is 2. The highest BCUT2D eigenvalue weighted by Crippen LogP contribution is 2.33. The maximum Gasteiger partial charge on any atom is 0.337 e. The van der Waals surface area contributed by atoms with Crippen LogP contribution in [0.25, 0.3) is 17.1 Å². The molecule has 0 radical (unpaired) electrons. The number of nitrogens with zero attached hydrogens (tertiary/aromatic N) is 5. The van der Waals surface area contributed by atoms with E-state index in [0.29, 0.717) is 27.3 Å². The molecule has 0 aliphatic carbocycles. The van der Waals surface area contributed by atoms with E-state index >= 15 is 0 Å². The van der Waals surface area contributed by atoms with E-state index < -0.39 is 58.3 Å². The summed E-state index contributed by atoms with van der Waals surface area (Å²) in [7, 11) is 0. The molecule has 0 fully saturated rings. The number of nitrogen functional groups attached to an aromatic ring is 1. The standard InChI is InChI=1S/C24H17F4N7O2/c1-3-6-33-20(18-5-4-14(25)22(28)32-18)21(35(30)19-9-16(27)15(26)8-17(19)29)23(36)34(24(33)37)13-7-12(2)10-31-11-13/h1,4-5,7-11H,6,29-30H2,2H3. The van der Waals surface area contributed by atoms with Gasteiger partial charge in [0, 0.05) is 18.3 Å². The number of hydrazine groups is 1. The Morgan fingerprint density at radius 2 is 1.76 bits per heavy atom. The first-order valence-corrected chi connectivity index (χ1v) is 10.4. The Labute approximate surface area is 206 Å². The van der Waals surface area contributed by atoms with Crippen molar-refractivity contribution in [1.82, 2.24) is 19.1 Å². The monoisotopic (exact) mass is 511 g/mol. The Morgan fingerprint density at radius 1 is 1.05 bits per heavy atom. The number of terminal acetylenes is 1. The van der Waals surface area contributed by atoms with Crippen LogP contribution < -0.4 is 27.8 Å². The number of hydrogen-bond acceptors (Lipinski definition) is 7. The Morgan fingerprint density at radius 3 is 2.41 bits per heavy atom. The lowest BCUT2D eigenvalue weighted by molar-refractivity contribution is 0.480. The lowest BCUT2D eigenvalue weighted by atomic mass is 10.1. The Kier molecular flexibility index (Phi) is 6.52. The zero-order valence-corrected chi connectivity index (χ0v) is 19.0. The van der Waals surface area contributed by atoms with Crippen molar-refractivity contribution >= 4 is 17.1 Å². The molecule has 4 rings (SSSR count). The molecule has 4 N–H and O–H groups in total. The molecule has 0 saturated carbocycles. The molecular weight excluding hydrogens is 494 g/mol. The number of aryl methyl sites for hydroxylation is 1. The average Bonchev–Trinajstić information content (AvgIpc) is 2.84. The summed E-state index contributed by atoms with van der Waals surface area (Å²) >= 11 is 0. The van der Waals surface area contributed by atoms with E-state index in [2.05, 4.69) is 15.9 Å². The SMILES string of the molecule is C#CCn1c(-c2ccc(F)c(F)n2)c(N(N)c2cc(F)c(F)cc2N)c(=O)n(-c2cncc(C)c2)c1=O. The van der Waals surface area contributed by atoms with Crippen molar-refractivity contribution in [3.8, 4) is 29.4 Å². The Balaban J connectivity index is 2.19. The normalized spacial score (nSPS) is 10.8. The van der Waals surface area contributed by atoms with Gasteiger partial charge in [0.15, 0.2) is 17.5 Å². The third-order valence-corrected chi connectivity index (χ3v) is 5.31. The van der Waals surface area contributed by atoms with Gasteiger partial charge < -0.3 is 5.73 Å². The minimum atomic E-state index is -1.54. The maximum atomic E-state index is 14.1. The molecule has 0 amide bonds. The molecule has 0 atom stereocenters. The predicted octanol–water partition coefficient (Wildman–Crippen LogP) is 2.55. The molecule has 13 heteroatoms. The van der Waals surface area contributed by atoms with Crippen molar-refractivity contribution in [2.75, 3.05) is 10.7 Å². The first kappa shape index (κ1) is 25.1. The minimum absolute atomic E-state index is 0.0264. The van der Waals surface area contributed by atoms with Gasteiger partial charge >= 0.3 is 5.69 Å². The quantitative estimate of drug-likeness (QED) is 0.105. The largest absolute Gasteiger partial charge is 0.397 e. The van der Waals surface area contributed by atoms with Gasteiger partial charge in [-0.25, -0.2) is 33.4 Å². The molecule has 0 aliphatic heterocycles. The molecule has 188 valence electrons. The van der Waals surface area contributed by atoms with Crippen LogP contribution in [0.5, 0.6) is 0 Å². The van der Waals surface area contributed by atoms with Crippen LogP contribution in [0, 0.1) is 42.7 Å². The number of benzene rings is 1. The second kappa shape index (κ2) is 9.59. The third-order valence-electron chi connectivity index (χ3n) is 5.31. The first-order chi connectivity index (χ1) is 17.5. The number of aromatic nitrogens is 4. The average molecular weight is 511 g/mol. The summed E-state index contributed by atoms with van der Waals surface area (Å²) in [6.45, 7) is 1.20. The first-order valence-electron chi connectivity index (χ1n) is 10.4. The molecule has 1 aromatic carbocycles. The summed E-state index contributed by atoms with van der Waals surface area (Å²) in [4.78, 5) is 34.8. The molecule has 0 spiro atoms. The number of anilines is 3. The van der Waals surface area contributed by atoms with Crippen LogP contribution in [0.4, 0.5) is 34.6 Å². The van der Waals surface area contributed by atoms with E-state index in [1.54, 1.807) is 6.92 Å². The van der Waals surface area contributed by atoms with Gasteiger partial charge in [0.2, 0.25) is 5.95 Å². The van der Waals surface area contributed by atoms with E-state index in [1.807, 2.05) is 0 Å². The molecule has 4 aromatic rings. The predicted molar refractivity (Wildman–Crippen MR) is 128 cm³/mol. The Hall–Kier alpha value is -4.96. The van der Waals surface area contributed by atoms with Crippen molar-refractivity contribution in [1.29, 1.82) is 0 Å². The van der Waals surface area contributed by atoms with Gasteiger partial charge in [-0.05, 0) is 30.7 Å². The van der Waals surface area contributed by atoms with Gasteiger partial charge in [0.25, 0.3) is 5.56 Å². The van der Waals surface area contributed by atoms with Crippen molar-refractivity contribution in [3.05, 3.63) is 92.5 Å². The van der Waals surface area contributed by atoms with Crippen LogP contribution >= 0.6 is 0 Å². The highest BCUT2D eigenvalue weighted by atomic mass is 19.2. The zero-order valence-electron chi connectivity index (χ0n) is 19.0. The van der Waals surface area contributed by atoms with Gasteiger partial charge in [-0.2, -0.15) is 4.39 Å². The molecule has 37 heavy (non-hydrogen) atoms. The highest BCUT2D eigenvalue weighted by molar-refractivity contribution is 5.81. The highest BCUT2D eigenvalue weighted by Gasteiger charge is 2.28. The number of hydrogen-bond donors (Lipinski definition) is 2. The van der Waals surface area contributed by atoms with Gasteiger partial charge in [-0.15, -0.1) is 6.42 Å². The molecule has 3 heterocycles. The second-order valence-electron chi connectivity index (χ2n) is 7.80. The van der Waals surface area contributed by atoms with Gasteiger partial charge in [-0.1, -0.05) is 5.92 Å². The third kappa shape index (κ3) is 4.41. The van der Waals surface area contributed by atoms with Gasteiger partial charge in [0.05, 0.1) is 35.5 Å². The summed E-state index contributed by atoms with van der Waals surface area (Å²) < 4.78 is 57.2. The van der Waals surface area contributed by atoms with Crippen molar-refractivity contribution in [3.63, 3.8) is 0 Å². The van der Waals surface area contributed by atoms with Crippen LogP contribution in [0.1, 0.15) is 5.56 Å². The van der Waals surface area contributed by atoms with Crippen molar-refractivity contribution in [2.45, 2.75) is 13.5 Å². The fourth-order valence-electron chi connectivity index (χ4n) is 3.67. The lowest BCUT2D eigenvalue weighted by Gasteiger charge is -2.25. The van der Waals surface area contributed by atoms with E-state index in [9.17, 15) is 27.2 Å². The summed E-state index contributed by atoms with van der Waals surface area (Å²) in [6, 6.07) is 4.45. The maximum absolute atomic E-state index is 14.1. The van der Waals surface area contributed by atoms with Crippen LogP contribution in [0.15, 0.2) is 52.3 Å². The van der Waals surface area contributed by atoms with Crippen LogP contribution in [-0.2, 0) is 6.54 Å². The van der Waals surface area contributed by atoms with Crippen molar-refractivity contribution in [2.24, 2.45) is 5.84 Å². The molecule has 0 bridgehead atoms. The Bertz CT molecular complexity index is 1710. The number of halogens is 4. The van der Waals surface area contributed by atoms with Crippen LogP contribution in [0.3, 0.4) is 0 Å². The number of nitrogens with two attached hydrogens (primary N) is 2. The minimum Gasteiger partial charge on any atom is -0.397 e. The molecule has 0 unspecified atom stereocenters. The van der Waals surface area contributed by atoms with Gasteiger partial charge in [0.1, 0.15) is 11.4 Å². The van der Waals surface area contributed by atoms with E-state index in [1.165, 1.54) is 18.5 Å². The molecule has 0 aliphatic rings. The zero-order chi connectivity index (χ0) is 27.0. The molecule has 3 aromatic heterocycles. The van der Waals surface area contributed by atoms with Crippen LogP contribution in [-0.4, -0.2) is 19.1 Å². The topological polar surface area (TPSA) is 125 Å². The molecule has 0 saturated heterocycles. The van der Waals surface area contributed by atoms with E-state index in [-0.39, 0.29) is 17.1 Å². The summed E-state index contributed by atoms with van der Waals surface area (Å²) in [6.07, 6.45) is 8.16. The smallest absolute Gasteiger partial charge is 0.337 e. The number of rotatable bonds is 5. The van der Waals surface area contributed by atoms with E-state index in [0.717, 1.165) is 16.7 Å². The summed E-state index contributed by atoms with van der Waals surface area (Å²) in [5.74, 6) is 3.00. The lowest BCUT2D eigenvalue weighted by Crippen LogP contribution is -2.44. The fraction of sp³-hybridized carbons (Fsp3) is 0.0833.